The molecule has 2 aliphatic rings. The molecule has 104 valence electrons. The number of likely N-dealkylation sites (tertiary alicyclic amines) is 1. The van der Waals surface area contributed by atoms with Crippen LogP contribution in [0.2, 0.25) is 0 Å². The first-order valence-corrected chi connectivity index (χ1v) is 7.14. The van der Waals surface area contributed by atoms with E-state index in [0.29, 0.717) is 0 Å². The molecule has 0 unspecified atom stereocenters. The molecular formula is C14H26N2O2. The first kappa shape index (κ1) is 13.7. The van der Waals surface area contributed by atoms with Gasteiger partial charge in [-0.2, -0.15) is 0 Å². The number of amides is 1. The highest BCUT2D eigenvalue weighted by Crippen LogP contribution is 2.34. The quantitative estimate of drug-likeness (QED) is 0.722. The summed E-state index contributed by atoms with van der Waals surface area (Å²) < 4.78 is 5.56. The lowest BCUT2D eigenvalue weighted by molar-refractivity contribution is -0.0228. The predicted molar refractivity (Wildman–Crippen MR) is 71.6 cm³/mol. The van der Waals surface area contributed by atoms with Gasteiger partial charge in [0.1, 0.15) is 5.60 Å². The summed E-state index contributed by atoms with van der Waals surface area (Å²) in [4.78, 5) is 14.4. The van der Waals surface area contributed by atoms with Gasteiger partial charge in [0.05, 0.1) is 5.54 Å². The topological polar surface area (TPSA) is 41.6 Å². The molecular weight excluding hydrogens is 228 g/mol. The van der Waals surface area contributed by atoms with Gasteiger partial charge in [-0.25, -0.2) is 4.79 Å². The van der Waals surface area contributed by atoms with Crippen molar-refractivity contribution in [2.24, 2.45) is 0 Å². The molecule has 2 saturated heterocycles. The van der Waals surface area contributed by atoms with Crippen molar-refractivity contribution in [1.82, 2.24) is 10.2 Å². The van der Waals surface area contributed by atoms with Gasteiger partial charge in [0.15, 0.2) is 0 Å². The van der Waals surface area contributed by atoms with Gasteiger partial charge in [-0.05, 0) is 59.4 Å². The van der Waals surface area contributed by atoms with Crippen molar-refractivity contribution in [2.75, 3.05) is 19.6 Å². The lowest BCUT2D eigenvalue weighted by atomic mass is 9.81. The molecule has 0 bridgehead atoms. The Morgan fingerprint density at radius 1 is 1.22 bits per heavy atom. The van der Waals surface area contributed by atoms with Crippen LogP contribution in [0.25, 0.3) is 0 Å². The minimum absolute atomic E-state index is 0.0127. The zero-order valence-electron chi connectivity index (χ0n) is 11.9. The second-order valence-electron chi connectivity index (χ2n) is 6.59. The summed E-state index contributed by atoms with van der Waals surface area (Å²) in [6.45, 7) is 8.63. The maximum absolute atomic E-state index is 12.4. The van der Waals surface area contributed by atoms with Crippen molar-refractivity contribution < 1.29 is 9.53 Å². The van der Waals surface area contributed by atoms with Gasteiger partial charge in [0.25, 0.3) is 0 Å². The number of carbonyl (C=O) groups excluding carboxylic acids is 1. The Bertz CT molecular complexity index is 295. The number of rotatable bonds is 0. The highest BCUT2D eigenvalue weighted by atomic mass is 16.6. The van der Waals surface area contributed by atoms with Gasteiger partial charge in [-0.3, -0.25) is 0 Å². The van der Waals surface area contributed by atoms with Gasteiger partial charge in [-0.15, -0.1) is 0 Å². The molecule has 0 aromatic heterocycles. The Morgan fingerprint density at radius 2 is 1.94 bits per heavy atom. The molecule has 0 aliphatic carbocycles. The van der Waals surface area contributed by atoms with Crippen molar-refractivity contribution in [2.45, 2.75) is 64.0 Å². The highest BCUT2D eigenvalue weighted by Gasteiger charge is 2.43. The zero-order chi connectivity index (χ0) is 13.2. The van der Waals surface area contributed by atoms with Crippen molar-refractivity contribution in [3.63, 3.8) is 0 Å². The third kappa shape index (κ3) is 2.97. The highest BCUT2D eigenvalue weighted by molar-refractivity contribution is 5.69. The molecule has 1 spiro atoms. The van der Waals surface area contributed by atoms with E-state index in [2.05, 4.69) is 5.32 Å². The zero-order valence-corrected chi connectivity index (χ0v) is 11.9. The first-order valence-electron chi connectivity index (χ1n) is 7.14. The molecule has 2 aliphatic heterocycles. The monoisotopic (exact) mass is 254 g/mol. The molecule has 18 heavy (non-hydrogen) atoms. The SMILES string of the molecule is CC(C)(C)OC(=O)N1CCCC[C@@]12CCCNC2. The van der Waals surface area contributed by atoms with Gasteiger partial charge in [-0.1, -0.05) is 0 Å². The average Bonchev–Trinajstić information content (AvgIpc) is 2.28. The third-order valence-corrected chi connectivity index (χ3v) is 3.91. The molecule has 4 nitrogen and oxygen atoms in total. The van der Waals surface area contributed by atoms with Gasteiger partial charge < -0.3 is 15.0 Å². The molecule has 2 rings (SSSR count). The summed E-state index contributed by atoms with van der Waals surface area (Å²) in [5.41, 5.74) is -0.392. The number of nitrogens with one attached hydrogen (secondary N) is 1. The van der Waals surface area contributed by atoms with Crippen LogP contribution < -0.4 is 5.32 Å². The van der Waals surface area contributed by atoms with E-state index in [0.717, 1.165) is 45.3 Å². The predicted octanol–water partition coefficient (Wildman–Crippen LogP) is 2.53. The number of hydrogen-bond donors (Lipinski definition) is 1. The van der Waals surface area contributed by atoms with E-state index in [9.17, 15) is 4.79 Å². The Balaban J connectivity index is 2.10. The Labute approximate surface area is 110 Å². The van der Waals surface area contributed by atoms with Crippen LogP contribution in [0.1, 0.15) is 52.9 Å². The Morgan fingerprint density at radius 3 is 2.56 bits per heavy atom. The lowest BCUT2D eigenvalue weighted by Crippen LogP contribution is -2.62. The second-order valence-corrected chi connectivity index (χ2v) is 6.59. The lowest BCUT2D eigenvalue weighted by Gasteiger charge is -2.49. The van der Waals surface area contributed by atoms with Crippen LogP contribution in [-0.2, 0) is 4.74 Å². The van der Waals surface area contributed by atoms with Gasteiger partial charge in [0, 0.05) is 13.1 Å². The molecule has 1 N–H and O–H groups in total. The summed E-state index contributed by atoms with van der Waals surface area (Å²) in [5.74, 6) is 0. The summed E-state index contributed by atoms with van der Waals surface area (Å²) in [5, 5.41) is 3.44. The van der Waals surface area contributed by atoms with Crippen LogP contribution >= 0.6 is 0 Å². The van der Waals surface area contributed by atoms with Crippen molar-refractivity contribution in [3.05, 3.63) is 0 Å². The second kappa shape index (κ2) is 5.08. The number of carbonyl (C=O) groups is 1. The molecule has 2 fully saturated rings. The number of nitrogens with zero attached hydrogens (tertiary/aromatic N) is 1. The minimum atomic E-state index is -0.405. The molecule has 1 amide bonds. The number of hydrogen-bond acceptors (Lipinski definition) is 3. The fourth-order valence-corrected chi connectivity index (χ4v) is 3.09. The molecule has 0 aromatic carbocycles. The molecule has 0 aromatic rings. The third-order valence-electron chi connectivity index (χ3n) is 3.91. The number of ether oxygens (including phenoxy) is 1. The fourth-order valence-electron chi connectivity index (χ4n) is 3.09. The summed E-state index contributed by atoms with van der Waals surface area (Å²) in [6.07, 6.45) is 5.56. The maximum Gasteiger partial charge on any atom is 0.410 e. The Hall–Kier alpha value is -0.770. The van der Waals surface area contributed by atoms with E-state index in [4.69, 9.17) is 4.74 Å². The van der Waals surface area contributed by atoms with E-state index >= 15 is 0 Å². The van der Waals surface area contributed by atoms with Crippen LogP contribution in [0.4, 0.5) is 4.79 Å². The minimum Gasteiger partial charge on any atom is -0.444 e. The van der Waals surface area contributed by atoms with Crippen molar-refractivity contribution >= 4 is 6.09 Å². The van der Waals surface area contributed by atoms with Crippen molar-refractivity contribution in [3.8, 4) is 0 Å². The van der Waals surface area contributed by atoms with E-state index < -0.39 is 5.60 Å². The van der Waals surface area contributed by atoms with Gasteiger partial charge >= 0.3 is 6.09 Å². The fraction of sp³-hybridized carbons (Fsp3) is 0.929. The summed E-state index contributed by atoms with van der Waals surface area (Å²) >= 11 is 0. The summed E-state index contributed by atoms with van der Waals surface area (Å²) in [6, 6.07) is 0. The van der Waals surface area contributed by atoms with E-state index in [1.54, 1.807) is 0 Å². The van der Waals surface area contributed by atoms with Gasteiger partial charge in [0.2, 0.25) is 0 Å². The molecule has 4 heteroatoms. The smallest absolute Gasteiger partial charge is 0.410 e. The maximum atomic E-state index is 12.4. The summed E-state index contributed by atoms with van der Waals surface area (Å²) in [7, 11) is 0. The van der Waals surface area contributed by atoms with Crippen molar-refractivity contribution in [1.29, 1.82) is 0 Å². The van der Waals surface area contributed by atoms with E-state index in [1.807, 2.05) is 25.7 Å². The van der Waals surface area contributed by atoms with Crippen LogP contribution in [0.3, 0.4) is 0 Å². The molecule has 2 heterocycles. The van der Waals surface area contributed by atoms with Crippen LogP contribution in [0.15, 0.2) is 0 Å². The largest absolute Gasteiger partial charge is 0.444 e. The van der Waals surface area contributed by atoms with E-state index in [1.165, 1.54) is 6.42 Å². The molecule has 1 atom stereocenters. The first-order chi connectivity index (χ1) is 8.43. The van der Waals surface area contributed by atoms with Crippen LogP contribution in [-0.4, -0.2) is 41.8 Å². The number of piperidine rings is 2. The molecule has 0 saturated carbocycles. The normalized spacial score (nSPS) is 29.4. The standard InChI is InChI=1S/C14H26N2O2/c1-13(2,3)18-12(17)16-10-5-4-7-14(16)8-6-9-15-11-14/h15H,4-11H2,1-3H3/t14-/m0/s1. The van der Waals surface area contributed by atoms with Crippen LogP contribution in [0, 0.1) is 0 Å². The van der Waals surface area contributed by atoms with E-state index in [-0.39, 0.29) is 11.6 Å². The van der Waals surface area contributed by atoms with Crippen LogP contribution in [0.5, 0.6) is 0 Å². The Kier molecular flexibility index (Phi) is 3.85. The molecule has 0 radical (unpaired) electrons. The average molecular weight is 254 g/mol.